The lowest BCUT2D eigenvalue weighted by atomic mass is 9.99. The van der Waals surface area contributed by atoms with E-state index >= 15 is 0 Å². The van der Waals surface area contributed by atoms with Crippen molar-refractivity contribution < 1.29 is 19.1 Å². The van der Waals surface area contributed by atoms with Crippen LogP contribution in [0.1, 0.15) is 42.1 Å². The fraction of sp³-hybridized carbons (Fsp3) is 0.438. The van der Waals surface area contributed by atoms with Gasteiger partial charge in [-0.2, -0.15) is 0 Å². The maximum Gasteiger partial charge on any atom is 0.309 e. The van der Waals surface area contributed by atoms with Crippen molar-refractivity contribution in [3.63, 3.8) is 0 Å². The van der Waals surface area contributed by atoms with Crippen LogP contribution in [0.2, 0.25) is 0 Å². The Bertz CT molecular complexity index is 637. The molecule has 5 nitrogen and oxygen atoms in total. The second kappa shape index (κ2) is 4.98. The van der Waals surface area contributed by atoms with E-state index in [2.05, 4.69) is 5.32 Å². The summed E-state index contributed by atoms with van der Waals surface area (Å²) in [6.07, 6.45) is 0.844. The van der Waals surface area contributed by atoms with Gasteiger partial charge in [-0.3, -0.25) is 14.4 Å². The van der Waals surface area contributed by atoms with Crippen molar-refractivity contribution in [2.24, 2.45) is 11.8 Å². The van der Waals surface area contributed by atoms with Gasteiger partial charge in [-0.25, -0.2) is 0 Å². The number of hydrogen-bond donors (Lipinski definition) is 1. The van der Waals surface area contributed by atoms with E-state index < -0.39 is 0 Å². The molecule has 5 heteroatoms. The summed E-state index contributed by atoms with van der Waals surface area (Å²) in [4.78, 5) is 35.3. The van der Waals surface area contributed by atoms with Crippen molar-refractivity contribution in [2.45, 2.75) is 26.2 Å². The summed E-state index contributed by atoms with van der Waals surface area (Å²) in [6.45, 7) is 3.54. The number of esters is 1. The standard InChI is InChI=1S/C16H17NO4/c1-8-5-11(8)16(20)21-7-14(18)10-3-4-13-12(6-10)9(2)15(19)17-13/h3-4,6,8-9,11H,5,7H2,1-2H3,(H,17,19)/t8-,9+,11+/m1/s1. The Morgan fingerprint density at radius 1 is 1.33 bits per heavy atom. The van der Waals surface area contributed by atoms with Crippen molar-refractivity contribution in [1.29, 1.82) is 0 Å². The molecular weight excluding hydrogens is 270 g/mol. The third-order valence-electron chi connectivity index (χ3n) is 4.25. The maximum atomic E-state index is 12.1. The van der Waals surface area contributed by atoms with E-state index in [9.17, 15) is 14.4 Å². The van der Waals surface area contributed by atoms with Gasteiger partial charge in [0.15, 0.2) is 12.4 Å². The zero-order valence-electron chi connectivity index (χ0n) is 12.0. The minimum atomic E-state index is -0.290. The van der Waals surface area contributed by atoms with Gasteiger partial charge in [0.25, 0.3) is 0 Å². The monoisotopic (exact) mass is 287 g/mol. The number of anilines is 1. The molecule has 110 valence electrons. The lowest BCUT2D eigenvalue weighted by molar-refractivity contribution is -0.144. The fourth-order valence-electron chi connectivity index (χ4n) is 2.57. The third kappa shape index (κ3) is 2.55. The molecule has 21 heavy (non-hydrogen) atoms. The van der Waals surface area contributed by atoms with Gasteiger partial charge in [-0.15, -0.1) is 0 Å². The summed E-state index contributed by atoms with van der Waals surface area (Å²) in [7, 11) is 0. The number of ketones is 1. The van der Waals surface area contributed by atoms with Gasteiger partial charge in [-0.1, -0.05) is 6.92 Å². The van der Waals surface area contributed by atoms with Gasteiger partial charge in [0.05, 0.1) is 11.8 Å². The molecule has 0 saturated heterocycles. The summed E-state index contributed by atoms with van der Waals surface area (Å²) < 4.78 is 5.05. The first-order valence-electron chi connectivity index (χ1n) is 7.12. The van der Waals surface area contributed by atoms with Gasteiger partial charge in [0.1, 0.15) is 0 Å². The number of benzene rings is 1. The van der Waals surface area contributed by atoms with Gasteiger partial charge in [0, 0.05) is 11.3 Å². The zero-order valence-corrected chi connectivity index (χ0v) is 12.0. The van der Waals surface area contributed by atoms with Crippen molar-refractivity contribution in [1.82, 2.24) is 0 Å². The quantitative estimate of drug-likeness (QED) is 0.680. The van der Waals surface area contributed by atoms with E-state index in [-0.39, 0.29) is 36.1 Å². The van der Waals surface area contributed by atoms with Crippen LogP contribution in [0.3, 0.4) is 0 Å². The molecular formula is C16H17NO4. The van der Waals surface area contributed by atoms with Crippen LogP contribution in [0.25, 0.3) is 0 Å². The van der Waals surface area contributed by atoms with Crippen LogP contribution in [-0.4, -0.2) is 24.3 Å². The number of amides is 1. The van der Waals surface area contributed by atoms with Crippen LogP contribution in [0.4, 0.5) is 5.69 Å². The van der Waals surface area contributed by atoms with Gasteiger partial charge in [-0.05, 0) is 43.0 Å². The van der Waals surface area contributed by atoms with Gasteiger partial charge in [0.2, 0.25) is 5.91 Å². The smallest absolute Gasteiger partial charge is 0.309 e. The zero-order chi connectivity index (χ0) is 15.1. The Morgan fingerprint density at radius 3 is 2.71 bits per heavy atom. The van der Waals surface area contributed by atoms with Crippen LogP contribution < -0.4 is 5.32 Å². The number of carbonyl (C=O) groups excluding carboxylic acids is 3. The van der Waals surface area contributed by atoms with E-state index in [0.717, 1.165) is 17.7 Å². The van der Waals surface area contributed by atoms with Crippen LogP contribution in [0, 0.1) is 11.8 Å². The minimum absolute atomic E-state index is 0.0420. The van der Waals surface area contributed by atoms with Crippen molar-refractivity contribution in [3.8, 4) is 0 Å². The molecule has 1 fully saturated rings. The van der Waals surface area contributed by atoms with E-state index in [1.807, 2.05) is 6.92 Å². The van der Waals surface area contributed by atoms with E-state index in [4.69, 9.17) is 4.74 Å². The lowest BCUT2D eigenvalue weighted by Gasteiger charge is -2.06. The highest BCUT2D eigenvalue weighted by molar-refractivity contribution is 6.05. The number of fused-ring (bicyclic) bond motifs is 1. The summed E-state index contributed by atoms with van der Waals surface area (Å²) in [5.74, 6) is -0.537. The molecule has 0 aromatic heterocycles. The topological polar surface area (TPSA) is 72.5 Å². The van der Waals surface area contributed by atoms with E-state index in [0.29, 0.717) is 11.5 Å². The number of ether oxygens (including phenoxy) is 1. The molecule has 0 spiro atoms. The van der Waals surface area contributed by atoms with Gasteiger partial charge >= 0.3 is 5.97 Å². The Hall–Kier alpha value is -2.17. The first kappa shape index (κ1) is 13.8. The molecule has 0 unspecified atom stereocenters. The molecule has 1 aliphatic carbocycles. The SMILES string of the molecule is C[C@@H]1C(=O)Nc2ccc(C(=O)COC(=O)[C@H]3C[C@H]3C)cc21. The Morgan fingerprint density at radius 2 is 2.05 bits per heavy atom. The van der Waals surface area contributed by atoms with Crippen LogP contribution in [0.15, 0.2) is 18.2 Å². The molecule has 1 aliphatic heterocycles. The molecule has 1 aromatic rings. The highest BCUT2D eigenvalue weighted by Gasteiger charge is 2.40. The van der Waals surface area contributed by atoms with Crippen molar-refractivity contribution in [3.05, 3.63) is 29.3 Å². The first-order valence-corrected chi connectivity index (χ1v) is 7.12. The Labute approximate surface area is 122 Å². The average molecular weight is 287 g/mol. The summed E-state index contributed by atoms with van der Waals surface area (Å²) in [6, 6.07) is 5.07. The molecule has 3 atom stereocenters. The molecule has 2 aliphatic rings. The second-order valence-electron chi connectivity index (χ2n) is 5.86. The largest absolute Gasteiger partial charge is 0.457 e. The lowest BCUT2D eigenvalue weighted by Crippen LogP contribution is -2.16. The number of hydrogen-bond acceptors (Lipinski definition) is 4. The molecule has 1 heterocycles. The van der Waals surface area contributed by atoms with E-state index in [1.54, 1.807) is 25.1 Å². The normalized spacial score (nSPS) is 26.0. The summed E-state index contributed by atoms with van der Waals surface area (Å²) in [5.41, 5.74) is 2.02. The predicted molar refractivity (Wildman–Crippen MR) is 76.0 cm³/mol. The number of carbonyl (C=O) groups is 3. The average Bonchev–Trinajstić information content (AvgIpc) is 3.13. The highest BCUT2D eigenvalue weighted by Crippen LogP contribution is 2.38. The molecule has 1 aromatic carbocycles. The molecule has 1 saturated carbocycles. The van der Waals surface area contributed by atoms with Crippen molar-refractivity contribution >= 4 is 23.3 Å². The van der Waals surface area contributed by atoms with E-state index in [1.165, 1.54) is 0 Å². The number of nitrogens with one attached hydrogen (secondary N) is 1. The first-order chi connectivity index (χ1) is 9.97. The molecule has 3 rings (SSSR count). The van der Waals surface area contributed by atoms with Crippen LogP contribution in [0.5, 0.6) is 0 Å². The van der Waals surface area contributed by atoms with Crippen molar-refractivity contribution in [2.75, 3.05) is 11.9 Å². The predicted octanol–water partition coefficient (Wildman–Crippen LogP) is 2.12. The molecule has 0 radical (unpaired) electrons. The number of Topliss-reactive ketones (excluding diaryl/α,β-unsaturated/α-hetero) is 1. The van der Waals surface area contributed by atoms with Crippen LogP contribution in [-0.2, 0) is 14.3 Å². The Balaban J connectivity index is 1.66. The highest BCUT2D eigenvalue weighted by atomic mass is 16.5. The second-order valence-corrected chi connectivity index (χ2v) is 5.86. The fourth-order valence-corrected chi connectivity index (χ4v) is 2.57. The molecule has 1 amide bonds. The molecule has 1 N–H and O–H groups in total. The van der Waals surface area contributed by atoms with Gasteiger partial charge < -0.3 is 10.1 Å². The maximum absolute atomic E-state index is 12.1. The van der Waals surface area contributed by atoms with Crippen LogP contribution >= 0.6 is 0 Å². The third-order valence-corrected chi connectivity index (χ3v) is 4.25. The summed E-state index contributed by atoms with van der Waals surface area (Å²) >= 11 is 0. The summed E-state index contributed by atoms with van der Waals surface area (Å²) in [5, 5.41) is 2.76. The molecule has 0 bridgehead atoms. The Kier molecular flexibility index (Phi) is 3.27. The number of rotatable bonds is 4. The minimum Gasteiger partial charge on any atom is -0.457 e.